The molecule has 2 atom stereocenters. The van der Waals surface area contributed by atoms with Gasteiger partial charge in [0.15, 0.2) is 0 Å². The molecule has 2 unspecified atom stereocenters. The van der Waals surface area contributed by atoms with Crippen LogP contribution in [0.4, 0.5) is 0 Å². The topological polar surface area (TPSA) is 0 Å². The van der Waals surface area contributed by atoms with Crippen molar-refractivity contribution in [2.45, 2.75) is 30.1 Å². The molecule has 8 heavy (non-hydrogen) atoms. The zero-order valence-corrected chi connectivity index (χ0v) is 7.02. The third-order valence-corrected chi connectivity index (χ3v) is 4.64. The molecule has 0 aliphatic carbocycles. The summed E-state index contributed by atoms with van der Waals surface area (Å²) in [4.78, 5) is 0. The Morgan fingerprint density at radius 2 is 2.38 bits per heavy atom. The Morgan fingerprint density at radius 1 is 1.62 bits per heavy atom. The molecule has 1 rings (SSSR count). The fourth-order valence-corrected chi connectivity index (χ4v) is 3.83. The van der Waals surface area contributed by atoms with Gasteiger partial charge in [0.25, 0.3) is 0 Å². The predicted molar refractivity (Wildman–Crippen MR) is 43.6 cm³/mol. The highest BCUT2D eigenvalue weighted by Gasteiger charge is 2.19. The van der Waals surface area contributed by atoms with E-state index in [4.69, 9.17) is 0 Å². The van der Waals surface area contributed by atoms with Gasteiger partial charge in [-0.2, -0.15) is 0 Å². The van der Waals surface area contributed by atoms with Crippen LogP contribution >= 0.6 is 23.5 Å². The molecule has 0 N–H and O–H groups in total. The SMILES string of the molecule is CCC1CSC(C)S1. The van der Waals surface area contributed by atoms with Crippen LogP contribution in [0.2, 0.25) is 0 Å². The van der Waals surface area contributed by atoms with Crippen molar-refractivity contribution in [3.8, 4) is 0 Å². The van der Waals surface area contributed by atoms with E-state index in [0.717, 1.165) is 9.83 Å². The molecule has 0 nitrogen and oxygen atoms in total. The summed E-state index contributed by atoms with van der Waals surface area (Å²) in [5.41, 5.74) is 0. The Hall–Kier alpha value is 0.700. The van der Waals surface area contributed by atoms with Crippen LogP contribution in [0.25, 0.3) is 0 Å². The molecule has 0 radical (unpaired) electrons. The molecule has 1 heterocycles. The number of thioether (sulfide) groups is 2. The van der Waals surface area contributed by atoms with Crippen molar-refractivity contribution in [1.29, 1.82) is 0 Å². The summed E-state index contributed by atoms with van der Waals surface area (Å²) in [5.74, 6) is 1.38. The van der Waals surface area contributed by atoms with Gasteiger partial charge in [0, 0.05) is 15.6 Å². The van der Waals surface area contributed by atoms with Crippen LogP contribution in [0.15, 0.2) is 0 Å². The molecule has 48 valence electrons. The lowest BCUT2D eigenvalue weighted by Crippen LogP contribution is -1.96. The maximum absolute atomic E-state index is 2.30. The van der Waals surface area contributed by atoms with Crippen molar-refractivity contribution < 1.29 is 0 Å². The van der Waals surface area contributed by atoms with Crippen LogP contribution in [0.1, 0.15) is 20.3 Å². The molecule has 1 saturated heterocycles. The normalized spacial score (nSPS) is 38.2. The van der Waals surface area contributed by atoms with Gasteiger partial charge in [-0.15, -0.1) is 23.5 Å². The van der Waals surface area contributed by atoms with Crippen molar-refractivity contribution in [3.05, 3.63) is 0 Å². The fraction of sp³-hybridized carbons (Fsp3) is 1.00. The maximum atomic E-state index is 2.30. The van der Waals surface area contributed by atoms with Gasteiger partial charge in [-0.05, 0) is 13.3 Å². The Balaban J connectivity index is 2.22. The van der Waals surface area contributed by atoms with Crippen LogP contribution < -0.4 is 0 Å². The summed E-state index contributed by atoms with van der Waals surface area (Å²) in [5, 5.41) is 0.954. The minimum atomic E-state index is 0.861. The first-order valence-corrected chi connectivity index (χ1v) is 5.09. The third kappa shape index (κ3) is 1.59. The number of hydrogen-bond acceptors (Lipinski definition) is 2. The van der Waals surface area contributed by atoms with E-state index in [1.54, 1.807) is 0 Å². The van der Waals surface area contributed by atoms with Gasteiger partial charge in [-0.1, -0.05) is 6.92 Å². The summed E-state index contributed by atoms with van der Waals surface area (Å²) in [6.45, 7) is 4.57. The van der Waals surface area contributed by atoms with E-state index in [1.165, 1.54) is 12.2 Å². The van der Waals surface area contributed by atoms with E-state index in [9.17, 15) is 0 Å². The van der Waals surface area contributed by atoms with Crippen LogP contribution in [0, 0.1) is 0 Å². The summed E-state index contributed by atoms with van der Waals surface area (Å²) in [7, 11) is 0. The lowest BCUT2D eigenvalue weighted by molar-refractivity contribution is 0.925. The average Bonchev–Trinajstić information content (AvgIpc) is 2.14. The van der Waals surface area contributed by atoms with Crippen molar-refractivity contribution in [2.24, 2.45) is 0 Å². The second kappa shape index (κ2) is 3.02. The van der Waals surface area contributed by atoms with E-state index >= 15 is 0 Å². The number of hydrogen-bond donors (Lipinski definition) is 0. The van der Waals surface area contributed by atoms with Gasteiger partial charge >= 0.3 is 0 Å². The van der Waals surface area contributed by atoms with Crippen LogP contribution in [0.5, 0.6) is 0 Å². The van der Waals surface area contributed by atoms with Crippen molar-refractivity contribution in [1.82, 2.24) is 0 Å². The molecule has 0 aromatic heterocycles. The first-order chi connectivity index (χ1) is 3.83. The van der Waals surface area contributed by atoms with Gasteiger partial charge in [0.05, 0.1) is 0 Å². The smallest absolute Gasteiger partial charge is 0.0477 e. The van der Waals surface area contributed by atoms with E-state index in [1.807, 2.05) is 0 Å². The molecule has 1 aliphatic rings. The van der Waals surface area contributed by atoms with E-state index in [-0.39, 0.29) is 0 Å². The fourth-order valence-electron chi connectivity index (χ4n) is 0.806. The first-order valence-electron chi connectivity index (χ1n) is 3.10. The highest BCUT2D eigenvalue weighted by Crippen LogP contribution is 2.38. The second-order valence-electron chi connectivity index (χ2n) is 2.07. The summed E-state index contributed by atoms with van der Waals surface area (Å²) in [6.07, 6.45) is 1.35. The molecular formula is C6H12S2. The highest BCUT2D eigenvalue weighted by atomic mass is 32.2. The second-order valence-corrected chi connectivity index (χ2v) is 5.39. The van der Waals surface area contributed by atoms with Gasteiger partial charge in [-0.3, -0.25) is 0 Å². The molecule has 1 fully saturated rings. The van der Waals surface area contributed by atoms with Gasteiger partial charge < -0.3 is 0 Å². The van der Waals surface area contributed by atoms with Gasteiger partial charge in [-0.25, -0.2) is 0 Å². The molecule has 0 spiro atoms. The summed E-state index contributed by atoms with van der Waals surface area (Å²) in [6, 6.07) is 0. The molecule has 0 bridgehead atoms. The third-order valence-electron chi connectivity index (χ3n) is 1.36. The van der Waals surface area contributed by atoms with Crippen molar-refractivity contribution >= 4 is 23.5 Å². The lowest BCUT2D eigenvalue weighted by Gasteiger charge is -2.00. The minimum absolute atomic E-state index is 0.861. The summed E-state index contributed by atoms with van der Waals surface area (Å²) < 4.78 is 0.861. The molecule has 1 aliphatic heterocycles. The van der Waals surface area contributed by atoms with Crippen molar-refractivity contribution in [3.63, 3.8) is 0 Å². The van der Waals surface area contributed by atoms with E-state index < -0.39 is 0 Å². The molecular weight excluding hydrogens is 136 g/mol. The predicted octanol–water partition coefficient (Wildman–Crippen LogP) is 2.59. The summed E-state index contributed by atoms with van der Waals surface area (Å²) >= 11 is 4.22. The Kier molecular flexibility index (Phi) is 2.57. The zero-order valence-electron chi connectivity index (χ0n) is 5.39. The highest BCUT2D eigenvalue weighted by molar-refractivity contribution is 8.20. The monoisotopic (exact) mass is 148 g/mol. The van der Waals surface area contributed by atoms with E-state index in [0.29, 0.717) is 0 Å². The standard InChI is InChI=1S/C6H12S2/c1-3-6-4-7-5(2)8-6/h5-6H,3-4H2,1-2H3. The van der Waals surface area contributed by atoms with Crippen LogP contribution in [0.3, 0.4) is 0 Å². The molecule has 0 amide bonds. The van der Waals surface area contributed by atoms with Gasteiger partial charge in [0.1, 0.15) is 0 Å². The molecule has 0 aromatic rings. The quantitative estimate of drug-likeness (QED) is 0.560. The Bertz CT molecular complexity index is 72.9. The largest absolute Gasteiger partial charge is 0.147 e. The van der Waals surface area contributed by atoms with Crippen LogP contribution in [-0.4, -0.2) is 15.6 Å². The lowest BCUT2D eigenvalue weighted by atomic mass is 10.4. The van der Waals surface area contributed by atoms with Crippen LogP contribution in [-0.2, 0) is 0 Å². The molecule has 0 saturated carbocycles. The minimum Gasteiger partial charge on any atom is -0.147 e. The Morgan fingerprint density at radius 3 is 2.62 bits per heavy atom. The molecule has 0 aromatic carbocycles. The van der Waals surface area contributed by atoms with Crippen molar-refractivity contribution in [2.75, 3.05) is 5.75 Å². The molecule has 2 heteroatoms. The number of rotatable bonds is 1. The Labute approximate surface area is 59.8 Å². The average molecular weight is 148 g/mol. The first kappa shape index (κ1) is 6.81. The maximum Gasteiger partial charge on any atom is 0.0477 e. The van der Waals surface area contributed by atoms with E-state index in [2.05, 4.69) is 37.4 Å². The van der Waals surface area contributed by atoms with Gasteiger partial charge in [0.2, 0.25) is 0 Å². The zero-order chi connectivity index (χ0) is 5.98.